The zero-order valence-corrected chi connectivity index (χ0v) is 26.1. The quantitative estimate of drug-likeness (QED) is 0.251. The molecule has 1 aliphatic carbocycles. The van der Waals surface area contributed by atoms with Gasteiger partial charge in [0.15, 0.2) is 0 Å². The third-order valence-corrected chi connectivity index (χ3v) is 9.24. The summed E-state index contributed by atoms with van der Waals surface area (Å²) < 4.78 is 27.4. The monoisotopic (exact) mass is 662 g/mol. The van der Waals surface area contributed by atoms with Gasteiger partial charge in [0.2, 0.25) is 10.0 Å². The van der Waals surface area contributed by atoms with E-state index < -0.39 is 46.6 Å². The topological polar surface area (TPSA) is 158 Å². The lowest BCUT2D eigenvalue weighted by Crippen LogP contribution is -2.59. The maximum Gasteiger partial charge on any atom is 0.255 e. The molecule has 11 nitrogen and oxygen atoms in total. The van der Waals surface area contributed by atoms with Crippen molar-refractivity contribution in [3.8, 4) is 5.75 Å². The number of pyridine rings is 1. The van der Waals surface area contributed by atoms with Crippen LogP contribution in [-0.4, -0.2) is 58.7 Å². The van der Waals surface area contributed by atoms with E-state index in [0.717, 1.165) is 19.1 Å². The molecule has 14 heteroatoms. The molecule has 5 rings (SSSR count). The lowest BCUT2D eigenvalue weighted by Gasteiger charge is -2.49. The molecule has 44 heavy (non-hydrogen) atoms. The lowest BCUT2D eigenvalue weighted by molar-refractivity contribution is -0.138. The Morgan fingerprint density at radius 3 is 2.57 bits per heavy atom. The van der Waals surface area contributed by atoms with Crippen molar-refractivity contribution in [2.75, 3.05) is 6.26 Å². The first kappa shape index (κ1) is 32.1. The first-order valence-electron chi connectivity index (χ1n) is 14.0. The molecule has 1 fully saturated rings. The van der Waals surface area contributed by atoms with Crippen molar-refractivity contribution in [2.45, 2.75) is 62.9 Å². The van der Waals surface area contributed by atoms with Crippen molar-refractivity contribution in [2.24, 2.45) is 0 Å². The smallest absolute Gasteiger partial charge is 0.255 e. The van der Waals surface area contributed by atoms with Crippen LogP contribution in [-0.2, 0) is 32.9 Å². The van der Waals surface area contributed by atoms with E-state index >= 15 is 0 Å². The zero-order valence-electron chi connectivity index (χ0n) is 23.7. The van der Waals surface area contributed by atoms with Crippen molar-refractivity contribution < 1.29 is 33.1 Å². The summed E-state index contributed by atoms with van der Waals surface area (Å²) in [5.74, 6) is -2.10. The highest BCUT2D eigenvalue weighted by molar-refractivity contribution is 7.88. The number of aromatic hydroxyl groups is 1. The first-order chi connectivity index (χ1) is 21.0. The van der Waals surface area contributed by atoms with E-state index in [-0.39, 0.29) is 29.0 Å². The number of halogens is 2. The second-order valence-corrected chi connectivity index (χ2v) is 13.5. The number of nitrogens with one attached hydrogen (secondary N) is 2. The lowest BCUT2D eigenvalue weighted by atomic mass is 9.76. The Balaban J connectivity index is 1.56. The van der Waals surface area contributed by atoms with Crippen molar-refractivity contribution in [3.05, 3.63) is 92.7 Å². The number of hydrogen-bond donors (Lipinski definition) is 4. The van der Waals surface area contributed by atoms with Gasteiger partial charge in [-0.05, 0) is 54.3 Å². The molecule has 0 unspecified atom stereocenters. The van der Waals surface area contributed by atoms with Crippen molar-refractivity contribution in [1.82, 2.24) is 20.1 Å². The fourth-order valence-corrected chi connectivity index (χ4v) is 7.45. The number of carbonyl (C=O) groups excluding carboxylic acids is 2. The summed E-state index contributed by atoms with van der Waals surface area (Å²) in [5, 5.41) is 19.8. The van der Waals surface area contributed by atoms with Crippen LogP contribution in [0.25, 0.3) is 0 Å². The van der Waals surface area contributed by atoms with E-state index in [2.05, 4.69) is 15.2 Å². The first-order valence-corrected chi connectivity index (χ1v) is 16.7. The van der Waals surface area contributed by atoms with Gasteiger partial charge in [0.05, 0.1) is 30.5 Å². The molecule has 1 aliphatic heterocycles. The predicted octanol–water partition coefficient (Wildman–Crippen LogP) is 3.98. The Morgan fingerprint density at radius 1 is 1.09 bits per heavy atom. The second-order valence-electron chi connectivity index (χ2n) is 10.9. The van der Waals surface area contributed by atoms with Crippen LogP contribution >= 0.6 is 23.2 Å². The minimum atomic E-state index is -3.61. The van der Waals surface area contributed by atoms with Crippen LogP contribution < -0.4 is 10.2 Å². The van der Waals surface area contributed by atoms with E-state index in [1.165, 1.54) is 18.2 Å². The Morgan fingerprint density at radius 2 is 1.84 bits per heavy atom. The van der Waals surface area contributed by atoms with E-state index in [1.807, 2.05) is 0 Å². The van der Waals surface area contributed by atoms with Gasteiger partial charge in [-0.15, -0.1) is 0 Å². The summed E-state index contributed by atoms with van der Waals surface area (Å²) in [7, 11) is -3.61. The zero-order chi connectivity index (χ0) is 31.6. The maximum absolute atomic E-state index is 14.3. The molecule has 2 amide bonds. The number of rotatable bonds is 9. The van der Waals surface area contributed by atoms with Gasteiger partial charge in [0.1, 0.15) is 18.1 Å². The molecular formula is C30H32Cl2N4O7S. The molecule has 0 bridgehead atoms. The number of fused-ring (bicyclic) bond motifs is 1. The minimum Gasteiger partial charge on any atom is -0.506 e. The Bertz CT molecular complexity index is 1670. The average molecular weight is 664 g/mol. The number of sulfonamides is 1. The number of carbonyl (C=O) groups is 2. The van der Waals surface area contributed by atoms with Gasteiger partial charge in [-0.1, -0.05) is 60.3 Å². The summed E-state index contributed by atoms with van der Waals surface area (Å²) in [6.45, 7) is -0.653. The number of aliphatic hydroxyl groups excluding tert-OH is 1. The van der Waals surface area contributed by atoms with Crippen LogP contribution in [0.15, 0.2) is 54.6 Å². The molecule has 4 N–H and O–H groups in total. The highest BCUT2D eigenvalue weighted by atomic mass is 35.5. The number of aliphatic hydroxyl groups is 1. The molecule has 1 aromatic heterocycles. The number of nitrogens with zero attached hydrogens (tertiary/aromatic N) is 2. The molecule has 2 aromatic carbocycles. The number of amides is 2. The van der Waals surface area contributed by atoms with Crippen LogP contribution in [0.5, 0.6) is 5.75 Å². The van der Waals surface area contributed by atoms with E-state index in [0.29, 0.717) is 40.2 Å². The van der Waals surface area contributed by atoms with Crippen LogP contribution in [0.2, 0.25) is 10.0 Å². The summed E-state index contributed by atoms with van der Waals surface area (Å²) in [5.41, 5.74) is 4.14. The third kappa shape index (κ3) is 6.85. The molecule has 3 aromatic rings. The Kier molecular flexibility index (Phi) is 9.78. The van der Waals surface area contributed by atoms with E-state index in [9.17, 15) is 28.2 Å². The van der Waals surface area contributed by atoms with Gasteiger partial charge < -0.3 is 15.1 Å². The molecular weight excluding hydrogens is 631 g/mol. The fraction of sp³-hybridized carbons (Fsp3) is 0.367. The number of hydrogen-bond acceptors (Lipinski definition) is 8. The minimum absolute atomic E-state index is 0.0648. The predicted molar refractivity (Wildman–Crippen MR) is 163 cm³/mol. The summed E-state index contributed by atoms with van der Waals surface area (Å²) in [6.07, 6.45) is 3.64. The number of hydroxylamine groups is 1. The van der Waals surface area contributed by atoms with Crippen molar-refractivity contribution >= 4 is 45.0 Å². The standard InChI is InChI=1S/C30H32Cl2N4O7S/c1-44(41,42)35-23-8-4-5-9-25(23)36-28(21-12-10-17(31)14-22(21)32)27(19-6-2-3-7-20(19)30(36)40)29(39)34-43-16-18-11-13-26(38)24(15-37)33-18/h2-3,6-7,10-14,23,25,27-28,35,37-38H,4-5,8-9,15-16H2,1H3,(H,34,39)/t23-,25-,27+,28-/m0/s1. The van der Waals surface area contributed by atoms with Crippen molar-refractivity contribution in [1.29, 1.82) is 0 Å². The molecule has 2 heterocycles. The SMILES string of the molecule is CS(=O)(=O)N[C@H]1CCCC[C@@H]1N1C(=O)c2ccccc2[C@@H](C(=O)NOCc2ccc(O)c(CO)n2)[C@@H]1c1ccc(Cl)cc1Cl. The largest absolute Gasteiger partial charge is 0.506 e. The summed E-state index contributed by atoms with van der Waals surface area (Å²) in [6, 6.07) is 12.4. The molecule has 0 saturated heterocycles. The summed E-state index contributed by atoms with van der Waals surface area (Å²) >= 11 is 13.0. The van der Waals surface area contributed by atoms with Gasteiger partial charge in [-0.3, -0.25) is 14.4 Å². The van der Waals surface area contributed by atoms with Crippen LogP contribution in [0.3, 0.4) is 0 Å². The van der Waals surface area contributed by atoms with Crippen molar-refractivity contribution in [3.63, 3.8) is 0 Å². The molecule has 1 saturated carbocycles. The van der Waals surface area contributed by atoms with Gasteiger partial charge in [0, 0.05) is 27.7 Å². The van der Waals surface area contributed by atoms with E-state index in [1.54, 1.807) is 41.3 Å². The summed E-state index contributed by atoms with van der Waals surface area (Å²) in [4.78, 5) is 39.7. The average Bonchev–Trinajstić information content (AvgIpc) is 2.98. The maximum atomic E-state index is 14.3. The van der Waals surface area contributed by atoms with Gasteiger partial charge in [-0.25, -0.2) is 23.6 Å². The van der Waals surface area contributed by atoms with Gasteiger partial charge in [0.25, 0.3) is 11.8 Å². The van der Waals surface area contributed by atoms with Crippen LogP contribution in [0, 0.1) is 0 Å². The molecule has 234 valence electrons. The van der Waals surface area contributed by atoms with Crippen LogP contribution in [0.4, 0.5) is 0 Å². The molecule has 4 atom stereocenters. The third-order valence-electron chi connectivity index (χ3n) is 7.94. The Hall–Kier alpha value is -3.26. The Labute approximate surface area is 265 Å². The number of aromatic nitrogens is 1. The van der Waals surface area contributed by atoms with Crippen LogP contribution in [0.1, 0.15) is 70.5 Å². The fourth-order valence-electron chi connectivity index (χ4n) is 6.11. The molecule has 0 radical (unpaired) electrons. The van der Waals surface area contributed by atoms with E-state index in [4.69, 9.17) is 28.0 Å². The molecule has 2 aliphatic rings. The normalized spacial score (nSPS) is 22.0. The number of benzene rings is 2. The highest BCUT2D eigenvalue weighted by Crippen LogP contribution is 2.47. The van der Waals surface area contributed by atoms with Gasteiger partial charge in [-0.2, -0.15) is 0 Å². The second kappa shape index (κ2) is 13.4. The van der Waals surface area contributed by atoms with Gasteiger partial charge >= 0.3 is 0 Å². The molecule has 0 spiro atoms. The highest BCUT2D eigenvalue weighted by Gasteiger charge is 2.49.